The molecule has 1 fully saturated rings. The van der Waals surface area contributed by atoms with Crippen molar-refractivity contribution in [1.29, 1.82) is 0 Å². The lowest BCUT2D eigenvalue weighted by atomic mass is 9.92. The topological polar surface area (TPSA) is 63.4 Å². The summed E-state index contributed by atoms with van der Waals surface area (Å²) in [5, 5.41) is 4.29. The number of carbonyl (C=O) groups is 1. The minimum atomic E-state index is -0.0148. The van der Waals surface area contributed by atoms with Gasteiger partial charge < -0.3 is 19.8 Å². The van der Waals surface area contributed by atoms with Crippen LogP contribution in [0.4, 0.5) is 0 Å². The number of amides is 1. The Labute approximate surface area is 171 Å². The van der Waals surface area contributed by atoms with Gasteiger partial charge in [0.1, 0.15) is 0 Å². The molecular formula is C24H28N2O3. The van der Waals surface area contributed by atoms with Gasteiger partial charge in [0, 0.05) is 24.7 Å². The second kappa shape index (κ2) is 9.25. The highest BCUT2D eigenvalue weighted by atomic mass is 16.5. The van der Waals surface area contributed by atoms with Gasteiger partial charge in [-0.05, 0) is 55.0 Å². The molecule has 0 spiro atoms. The smallest absolute Gasteiger partial charge is 0.253 e. The van der Waals surface area contributed by atoms with E-state index < -0.39 is 0 Å². The monoisotopic (exact) mass is 392 g/mol. The molecule has 5 heteroatoms. The van der Waals surface area contributed by atoms with Gasteiger partial charge in [0.2, 0.25) is 0 Å². The minimum absolute atomic E-state index is 0.0148. The summed E-state index contributed by atoms with van der Waals surface area (Å²) in [5.41, 5.74) is 3.75. The van der Waals surface area contributed by atoms with Gasteiger partial charge in [-0.15, -0.1) is 0 Å². The van der Waals surface area contributed by atoms with Crippen LogP contribution in [0.3, 0.4) is 0 Å². The quantitative estimate of drug-likeness (QED) is 0.580. The largest absolute Gasteiger partial charge is 0.382 e. The summed E-state index contributed by atoms with van der Waals surface area (Å²) in [7, 11) is 1.68. The Morgan fingerprint density at radius 2 is 1.83 bits per heavy atom. The summed E-state index contributed by atoms with van der Waals surface area (Å²) >= 11 is 0. The van der Waals surface area contributed by atoms with Crippen molar-refractivity contribution in [2.24, 2.45) is 0 Å². The SMILES string of the molecule is COCCOC1CCC(NC(=O)c2cc(-c3ccccc3)cc3cc[nH]c23)CC1. The van der Waals surface area contributed by atoms with Gasteiger partial charge >= 0.3 is 0 Å². The molecule has 0 saturated heterocycles. The van der Waals surface area contributed by atoms with Crippen LogP contribution in [0.5, 0.6) is 0 Å². The number of ether oxygens (including phenoxy) is 2. The van der Waals surface area contributed by atoms with E-state index in [1.807, 2.05) is 36.5 Å². The maximum atomic E-state index is 13.1. The predicted molar refractivity (Wildman–Crippen MR) is 115 cm³/mol. The molecule has 1 amide bonds. The van der Waals surface area contributed by atoms with Crippen LogP contribution in [-0.2, 0) is 9.47 Å². The Bertz CT molecular complexity index is 943. The van der Waals surface area contributed by atoms with Crippen LogP contribution in [-0.4, -0.2) is 43.4 Å². The van der Waals surface area contributed by atoms with Gasteiger partial charge in [-0.1, -0.05) is 30.3 Å². The number of methoxy groups -OCH3 is 1. The van der Waals surface area contributed by atoms with Gasteiger partial charge in [0.15, 0.2) is 0 Å². The van der Waals surface area contributed by atoms with E-state index in [1.165, 1.54) is 0 Å². The Kier molecular flexibility index (Phi) is 6.27. The van der Waals surface area contributed by atoms with E-state index in [0.717, 1.165) is 47.7 Å². The predicted octanol–water partition coefficient (Wildman–Crippen LogP) is 4.54. The molecule has 3 aromatic rings. The first-order valence-electron chi connectivity index (χ1n) is 10.3. The van der Waals surface area contributed by atoms with Gasteiger partial charge in [0.05, 0.1) is 30.4 Å². The first-order chi connectivity index (χ1) is 14.2. The number of aromatic amines is 1. The van der Waals surface area contributed by atoms with Crippen LogP contribution in [0.1, 0.15) is 36.0 Å². The van der Waals surface area contributed by atoms with E-state index in [1.54, 1.807) is 7.11 Å². The summed E-state index contributed by atoms with van der Waals surface area (Å²) in [6.45, 7) is 1.26. The molecule has 2 N–H and O–H groups in total. The molecule has 0 atom stereocenters. The molecule has 0 aliphatic heterocycles. The van der Waals surface area contributed by atoms with Crippen molar-refractivity contribution in [3.8, 4) is 11.1 Å². The molecule has 5 nitrogen and oxygen atoms in total. The summed E-state index contributed by atoms with van der Waals surface area (Å²) < 4.78 is 10.9. The third-order valence-corrected chi connectivity index (χ3v) is 5.66. The van der Waals surface area contributed by atoms with Crippen molar-refractivity contribution in [1.82, 2.24) is 10.3 Å². The van der Waals surface area contributed by atoms with E-state index >= 15 is 0 Å². The molecule has 152 valence electrons. The number of nitrogens with one attached hydrogen (secondary N) is 2. The van der Waals surface area contributed by atoms with Gasteiger partial charge in [-0.3, -0.25) is 4.79 Å². The molecule has 1 saturated carbocycles. The zero-order valence-electron chi connectivity index (χ0n) is 16.8. The highest BCUT2D eigenvalue weighted by Crippen LogP contribution is 2.28. The van der Waals surface area contributed by atoms with E-state index in [9.17, 15) is 4.79 Å². The molecule has 4 rings (SSSR count). The number of hydrogen-bond donors (Lipinski definition) is 2. The third kappa shape index (κ3) is 4.69. The number of rotatable bonds is 7. The van der Waals surface area contributed by atoms with Crippen molar-refractivity contribution in [2.75, 3.05) is 20.3 Å². The summed E-state index contributed by atoms with van der Waals surface area (Å²) in [5.74, 6) is -0.0148. The Morgan fingerprint density at radius 1 is 1.03 bits per heavy atom. The summed E-state index contributed by atoms with van der Waals surface area (Å²) in [6.07, 6.45) is 5.98. The summed E-state index contributed by atoms with van der Waals surface area (Å²) in [6, 6.07) is 16.5. The van der Waals surface area contributed by atoms with Crippen LogP contribution in [0, 0.1) is 0 Å². The molecule has 1 aliphatic carbocycles. The first kappa shape index (κ1) is 19.7. The van der Waals surface area contributed by atoms with Crippen molar-refractivity contribution in [3.63, 3.8) is 0 Å². The highest BCUT2D eigenvalue weighted by molar-refractivity contribution is 6.07. The molecule has 1 aromatic heterocycles. The molecule has 0 unspecified atom stereocenters. The minimum Gasteiger partial charge on any atom is -0.382 e. The standard InChI is InChI=1S/C24H28N2O3/c1-28-13-14-29-21-9-7-20(8-10-21)26-24(27)22-16-19(17-5-3-2-4-6-17)15-18-11-12-25-23(18)22/h2-6,11-12,15-16,20-21,25H,7-10,13-14H2,1H3,(H,26,27). The number of hydrogen-bond acceptors (Lipinski definition) is 3. The van der Waals surface area contributed by atoms with E-state index in [4.69, 9.17) is 9.47 Å². The average molecular weight is 392 g/mol. The van der Waals surface area contributed by atoms with Crippen LogP contribution in [0.15, 0.2) is 54.7 Å². The summed E-state index contributed by atoms with van der Waals surface area (Å²) in [4.78, 5) is 16.3. The van der Waals surface area contributed by atoms with Crippen LogP contribution >= 0.6 is 0 Å². The third-order valence-electron chi connectivity index (χ3n) is 5.66. The Balaban J connectivity index is 1.46. The number of aromatic nitrogens is 1. The zero-order chi connectivity index (χ0) is 20.1. The van der Waals surface area contributed by atoms with Crippen molar-refractivity contribution in [2.45, 2.75) is 37.8 Å². The normalized spacial score (nSPS) is 19.3. The molecule has 0 bridgehead atoms. The Hall–Kier alpha value is -2.63. The second-order valence-corrected chi connectivity index (χ2v) is 7.64. The van der Waals surface area contributed by atoms with Crippen molar-refractivity contribution in [3.05, 3.63) is 60.3 Å². The van der Waals surface area contributed by atoms with Gasteiger partial charge in [-0.25, -0.2) is 0 Å². The average Bonchev–Trinajstić information content (AvgIpc) is 3.24. The van der Waals surface area contributed by atoms with E-state index in [0.29, 0.717) is 18.8 Å². The highest BCUT2D eigenvalue weighted by Gasteiger charge is 2.24. The van der Waals surface area contributed by atoms with E-state index in [2.05, 4.69) is 28.5 Å². The molecule has 1 heterocycles. The number of benzene rings is 2. The van der Waals surface area contributed by atoms with Crippen LogP contribution in [0.2, 0.25) is 0 Å². The number of H-pyrrole nitrogens is 1. The Morgan fingerprint density at radius 3 is 2.59 bits per heavy atom. The molecule has 0 radical (unpaired) electrons. The lowest BCUT2D eigenvalue weighted by molar-refractivity contribution is -0.00408. The lowest BCUT2D eigenvalue weighted by Gasteiger charge is -2.29. The first-order valence-corrected chi connectivity index (χ1v) is 10.3. The van der Waals surface area contributed by atoms with E-state index in [-0.39, 0.29) is 18.1 Å². The fourth-order valence-corrected chi connectivity index (χ4v) is 4.08. The molecule has 1 aliphatic rings. The van der Waals surface area contributed by atoms with Crippen molar-refractivity contribution >= 4 is 16.8 Å². The second-order valence-electron chi connectivity index (χ2n) is 7.64. The lowest BCUT2D eigenvalue weighted by Crippen LogP contribution is -2.39. The van der Waals surface area contributed by atoms with Crippen molar-refractivity contribution < 1.29 is 14.3 Å². The molecule has 2 aromatic carbocycles. The maximum absolute atomic E-state index is 13.1. The zero-order valence-corrected chi connectivity index (χ0v) is 16.8. The van der Waals surface area contributed by atoms with Gasteiger partial charge in [0.25, 0.3) is 5.91 Å². The fourth-order valence-electron chi connectivity index (χ4n) is 4.08. The number of carbonyl (C=O) groups excluding carboxylic acids is 1. The maximum Gasteiger partial charge on any atom is 0.253 e. The molecule has 29 heavy (non-hydrogen) atoms. The van der Waals surface area contributed by atoms with Crippen LogP contribution < -0.4 is 5.32 Å². The fraction of sp³-hybridized carbons (Fsp3) is 0.375. The number of fused-ring (bicyclic) bond motifs is 1. The molecular weight excluding hydrogens is 364 g/mol. The van der Waals surface area contributed by atoms with Gasteiger partial charge in [-0.2, -0.15) is 0 Å². The van der Waals surface area contributed by atoms with Crippen LogP contribution in [0.25, 0.3) is 22.0 Å².